The highest BCUT2D eigenvalue weighted by Gasteiger charge is 2.18. The van der Waals surface area contributed by atoms with Crippen molar-refractivity contribution in [2.24, 2.45) is 0 Å². The first-order valence-electron chi connectivity index (χ1n) is 5.87. The van der Waals surface area contributed by atoms with Crippen molar-refractivity contribution in [2.45, 2.75) is 16.7 Å². The molecule has 0 bridgehead atoms. The highest BCUT2D eigenvalue weighted by atomic mass is 32.2. The Morgan fingerprint density at radius 1 is 1.25 bits per heavy atom. The van der Waals surface area contributed by atoms with Crippen LogP contribution in [0, 0.1) is 6.92 Å². The summed E-state index contributed by atoms with van der Waals surface area (Å²) in [6, 6.07) is 9.15. The molecule has 2 aromatic heterocycles. The van der Waals surface area contributed by atoms with E-state index in [2.05, 4.69) is 10.2 Å². The molecule has 6 heteroatoms. The highest BCUT2D eigenvalue weighted by molar-refractivity contribution is 7.99. The van der Waals surface area contributed by atoms with Crippen LogP contribution in [0.25, 0.3) is 10.9 Å². The Balaban J connectivity index is 2.22. The van der Waals surface area contributed by atoms with E-state index in [-0.39, 0.29) is 5.69 Å². The maximum atomic E-state index is 11.3. The van der Waals surface area contributed by atoms with E-state index in [1.54, 1.807) is 18.4 Å². The average Bonchev–Trinajstić information content (AvgIpc) is 2.84. The molecule has 0 aliphatic rings. The summed E-state index contributed by atoms with van der Waals surface area (Å²) in [5.74, 6) is -0.348. The Morgan fingerprint density at radius 3 is 2.75 bits per heavy atom. The lowest BCUT2D eigenvalue weighted by Gasteiger charge is -2.07. The number of benzene rings is 1. The number of hydrogen-bond acceptors (Lipinski definition) is 5. The zero-order valence-corrected chi connectivity index (χ0v) is 11.3. The second kappa shape index (κ2) is 4.97. The van der Waals surface area contributed by atoms with E-state index in [0.29, 0.717) is 10.4 Å². The molecule has 0 saturated heterocycles. The van der Waals surface area contributed by atoms with E-state index in [0.717, 1.165) is 16.0 Å². The molecule has 5 nitrogen and oxygen atoms in total. The lowest BCUT2D eigenvalue weighted by atomic mass is 10.2. The summed E-state index contributed by atoms with van der Waals surface area (Å²) < 4.78 is 5.24. The van der Waals surface area contributed by atoms with Gasteiger partial charge in [-0.25, -0.2) is 4.79 Å². The molecule has 0 amide bonds. The SMILES string of the molecule is Cc1occc1Sc1c(C(=O)O)nnc2ccccc12. The maximum absolute atomic E-state index is 11.3. The Bertz CT molecular complexity index is 798. The molecule has 1 N–H and O–H groups in total. The van der Waals surface area contributed by atoms with Gasteiger partial charge in [-0.1, -0.05) is 30.0 Å². The lowest BCUT2D eigenvalue weighted by Crippen LogP contribution is -2.05. The van der Waals surface area contributed by atoms with Gasteiger partial charge in [-0.2, -0.15) is 0 Å². The minimum atomic E-state index is -1.09. The lowest BCUT2D eigenvalue weighted by molar-refractivity contribution is 0.0685. The Hall–Kier alpha value is -2.34. The molecule has 1 aromatic carbocycles. The van der Waals surface area contributed by atoms with Gasteiger partial charge in [0.2, 0.25) is 0 Å². The third-order valence-corrected chi connectivity index (χ3v) is 4.11. The summed E-state index contributed by atoms with van der Waals surface area (Å²) in [4.78, 5) is 12.8. The molecule has 0 saturated carbocycles. The number of rotatable bonds is 3. The van der Waals surface area contributed by atoms with Gasteiger partial charge in [-0.15, -0.1) is 10.2 Å². The predicted molar refractivity (Wildman–Crippen MR) is 74.1 cm³/mol. The fourth-order valence-electron chi connectivity index (χ4n) is 1.86. The van der Waals surface area contributed by atoms with Crippen molar-refractivity contribution >= 4 is 28.6 Å². The van der Waals surface area contributed by atoms with Crippen molar-refractivity contribution in [3.8, 4) is 0 Å². The van der Waals surface area contributed by atoms with Gasteiger partial charge in [0, 0.05) is 5.39 Å². The van der Waals surface area contributed by atoms with Crippen LogP contribution in [0.4, 0.5) is 0 Å². The van der Waals surface area contributed by atoms with E-state index in [1.165, 1.54) is 11.8 Å². The summed E-state index contributed by atoms with van der Waals surface area (Å²) in [7, 11) is 0. The van der Waals surface area contributed by atoms with Crippen LogP contribution >= 0.6 is 11.8 Å². The van der Waals surface area contributed by atoms with Crippen LogP contribution in [0.5, 0.6) is 0 Å². The van der Waals surface area contributed by atoms with Gasteiger partial charge in [-0.3, -0.25) is 0 Å². The van der Waals surface area contributed by atoms with Crippen molar-refractivity contribution in [1.82, 2.24) is 10.2 Å². The molecule has 0 aliphatic carbocycles. The van der Waals surface area contributed by atoms with Gasteiger partial charge in [-0.05, 0) is 19.1 Å². The number of furan rings is 1. The number of aromatic nitrogens is 2. The van der Waals surface area contributed by atoms with Crippen LogP contribution in [0.15, 0.2) is 50.8 Å². The van der Waals surface area contributed by atoms with Gasteiger partial charge < -0.3 is 9.52 Å². The van der Waals surface area contributed by atoms with Crippen LogP contribution in [0.3, 0.4) is 0 Å². The molecule has 0 fully saturated rings. The number of carboxylic acid groups (broad SMARTS) is 1. The first-order valence-corrected chi connectivity index (χ1v) is 6.69. The molecule has 3 aromatic rings. The monoisotopic (exact) mass is 286 g/mol. The fraction of sp³-hybridized carbons (Fsp3) is 0.0714. The quantitative estimate of drug-likeness (QED) is 0.795. The smallest absolute Gasteiger partial charge is 0.357 e. The predicted octanol–water partition coefficient (Wildman–Crippen LogP) is 3.38. The maximum Gasteiger partial charge on any atom is 0.357 e. The molecule has 0 unspecified atom stereocenters. The molecule has 0 atom stereocenters. The van der Waals surface area contributed by atoms with Crippen LogP contribution in [0.2, 0.25) is 0 Å². The highest BCUT2D eigenvalue weighted by Crippen LogP contribution is 2.36. The molecule has 0 aliphatic heterocycles. The number of carbonyl (C=O) groups is 1. The van der Waals surface area contributed by atoms with Crippen molar-refractivity contribution in [3.05, 3.63) is 48.0 Å². The van der Waals surface area contributed by atoms with Gasteiger partial charge in [0.05, 0.1) is 21.6 Å². The zero-order chi connectivity index (χ0) is 14.1. The van der Waals surface area contributed by atoms with Crippen molar-refractivity contribution < 1.29 is 14.3 Å². The number of fused-ring (bicyclic) bond motifs is 1. The standard InChI is InChI=1S/C14H10N2O3S/c1-8-11(6-7-19-8)20-13-9-4-2-3-5-10(9)15-16-12(13)14(17)18/h2-7H,1H3,(H,17,18). The average molecular weight is 286 g/mol. The van der Waals surface area contributed by atoms with E-state index in [1.807, 2.05) is 25.1 Å². The molecule has 0 radical (unpaired) electrons. The third kappa shape index (κ3) is 2.14. The second-order valence-corrected chi connectivity index (χ2v) is 5.20. The molecule has 2 heterocycles. The van der Waals surface area contributed by atoms with Crippen molar-refractivity contribution in [1.29, 1.82) is 0 Å². The van der Waals surface area contributed by atoms with Gasteiger partial charge in [0.15, 0.2) is 5.69 Å². The summed E-state index contributed by atoms with van der Waals surface area (Å²) in [6.45, 7) is 1.83. The molecule has 3 rings (SSSR count). The Labute approximate surface area is 118 Å². The Morgan fingerprint density at radius 2 is 2.05 bits per heavy atom. The Kier molecular flexibility index (Phi) is 3.15. The number of hydrogen-bond donors (Lipinski definition) is 1. The summed E-state index contributed by atoms with van der Waals surface area (Å²) >= 11 is 1.33. The number of aryl methyl sites for hydroxylation is 1. The van der Waals surface area contributed by atoms with E-state index >= 15 is 0 Å². The number of nitrogens with zero attached hydrogens (tertiary/aromatic N) is 2. The number of carboxylic acids is 1. The second-order valence-electron chi connectivity index (χ2n) is 4.14. The van der Waals surface area contributed by atoms with Gasteiger partial charge in [0.1, 0.15) is 5.76 Å². The molecule has 100 valence electrons. The van der Waals surface area contributed by atoms with E-state index in [9.17, 15) is 9.90 Å². The summed E-state index contributed by atoms with van der Waals surface area (Å²) in [5.41, 5.74) is 0.621. The molecule has 20 heavy (non-hydrogen) atoms. The third-order valence-electron chi connectivity index (χ3n) is 2.85. The number of aromatic carboxylic acids is 1. The first-order chi connectivity index (χ1) is 9.66. The van der Waals surface area contributed by atoms with Crippen molar-refractivity contribution in [2.75, 3.05) is 0 Å². The molecular formula is C14H10N2O3S. The van der Waals surface area contributed by atoms with Gasteiger partial charge in [0.25, 0.3) is 0 Å². The van der Waals surface area contributed by atoms with Crippen molar-refractivity contribution in [3.63, 3.8) is 0 Å². The summed E-state index contributed by atoms with van der Waals surface area (Å²) in [6.07, 6.45) is 1.58. The van der Waals surface area contributed by atoms with E-state index in [4.69, 9.17) is 4.42 Å². The van der Waals surface area contributed by atoms with Crippen LogP contribution in [-0.4, -0.2) is 21.3 Å². The summed E-state index contributed by atoms with van der Waals surface area (Å²) in [5, 5.41) is 17.8. The topological polar surface area (TPSA) is 76.2 Å². The minimum Gasteiger partial charge on any atom is -0.476 e. The fourth-order valence-corrected chi connectivity index (χ4v) is 2.90. The first kappa shape index (κ1) is 12.7. The van der Waals surface area contributed by atoms with Gasteiger partial charge >= 0.3 is 5.97 Å². The molecule has 0 spiro atoms. The van der Waals surface area contributed by atoms with Crippen LogP contribution in [-0.2, 0) is 0 Å². The van der Waals surface area contributed by atoms with Crippen LogP contribution in [0.1, 0.15) is 16.2 Å². The zero-order valence-electron chi connectivity index (χ0n) is 10.5. The largest absolute Gasteiger partial charge is 0.476 e. The van der Waals surface area contributed by atoms with E-state index < -0.39 is 5.97 Å². The van der Waals surface area contributed by atoms with Crippen LogP contribution < -0.4 is 0 Å². The molecular weight excluding hydrogens is 276 g/mol. The normalized spacial score (nSPS) is 10.8. The minimum absolute atomic E-state index is 0.0469.